The van der Waals surface area contributed by atoms with Crippen LogP contribution in [0, 0.1) is 0 Å². The van der Waals surface area contributed by atoms with Crippen LogP contribution in [-0.4, -0.2) is 18.4 Å². The summed E-state index contributed by atoms with van der Waals surface area (Å²) in [6.07, 6.45) is -4.42. The molecule has 0 bridgehead atoms. The molecule has 0 unspecified atom stereocenters. The Morgan fingerprint density at radius 1 is 1.32 bits per heavy atom. The number of rotatable bonds is 3. The summed E-state index contributed by atoms with van der Waals surface area (Å²) in [5.74, 6) is -0.337. The van der Waals surface area contributed by atoms with E-state index in [9.17, 15) is 18.0 Å². The molecule has 0 spiro atoms. The molecule has 0 radical (unpaired) electrons. The number of hydrogen-bond acceptors (Lipinski definition) is 3. The first-order valence-electron chi connectivity index (χ1n) is 5.49. The van der Waals surface area contributed by atoms with E-state index in [0.29, 0.717) is 6.61 Å². The van der Waals surface area contributed by atoms with Gasteiger partial charge in [0.2, 0.25) is 5.90 Å². The fourth-order valence-electron chi connectivity index (χ4n) is 1.25. The Labute approximate surface area is 108 Å². The van der Waals surface area contributed by atoms with Crippen LogP contribution in [0.2, 0.25) is 0 Å². The van der Waals surface area contributed by atoms with Gasteiger partial charge < -0.3 is 4.74 Å². The Morgan fingerprint density at radius 2 is 1.89 bits per heavy atom. The number of alkyl halides is 3. The maximum atomic E-state index is 12.3. The first-order valence-corrected chi connectivity index (χ1v) is 5.49. The van der Waals surface area contributed by atoms with Crippen molar-refractivity contribution in [2.45, 2.75) is 20.0 Å². The molecule has 0 saturated carbocycles. The second kappa shape index (κ2) is 6.21. The van der Waals surface area contributed by atoms with Crippen molar-refractivity contribution in [2.24, 2.45) is 5.10 Å². The summed E-state index contributed by atoms with van der Waals surface area (Å²) in [6, 6.07) is 3.86. The second-order valence-electron chi connectivity index (χ2n) is 3.58. The van der Waals surface area contributed by atoms with Crippen LogP contribution in [0.3, 0.4) is 0 Å². The van der Waals surface area contributed by atoms with Crippen molar-refractivity contribution in [3.8, 4) is 0 Å². The highest BCUT2D eigenvalue weighted by atomic mass is 19.4. The third-order valence-corrected chi connectivity index (χ3v) is 2.14. The standard InChI is InChI=1S/C12H13F3N2O2/c1-3-19-8(2)16-17-11(18)9-4-6-10(7-5-9)12(13,14)15/h4-7H,3H2,1-2H3,(H,17,18)/b16-8+. The fourth-order valence-corrected chi connectivity index (χ4v) is 1.25. The molecule has 0 atom stereocenters. The normalized spacial score (nSPS) is 12.2. The molecule has 0 heterocycles. The lowest BCUT2D eigenvalue weighted by atomic mass is 10.1. The zero-order chi connectivity index (χ0) is 14.5. The number of hydrogen-bond donors (Lipinski definition) is 1. The Balaban J connectivity index is 2.71. The quantitative estimate of drug-likeness (QED) is 0.523. The number of carbonyl (C=O) groups is 1. The molecule has 4 nitrogen and oxygen atoms in total. The van der Waals surface area contributed by atoms with Crippen molar-refractivity contribution < 1.29 is 22.7 Å². The van der Waals surface area contributed by atoms with E-state index >= 15 is 0 Å². The Hall–Kier alpha value is -2.05. The van der Waals surface area contributed by atoms with Crippen LogP contribution in [-0.2, 0) is 10.9 Å². The van der Waals surface area contributed by atoms with Gasteiger partial charge in [-0.05, 0) is 31.2 Å². The summed E-state index contributed by atoms with van der Waals surface area (Å²) in [5.41, 5.74) is 1.46. The topological polar surface area (TPSA) is 50.7 Å². The first-order chi connectivity index (χ1) is 8.84. The maximum absolute atomic E-state index is 12.3. The molecule has 7 heteroatoms. The average molecular weight is 274 g/mol. The van der Waals surface area contributed by atoms with Gasteiger partial charge in [0.15, 0.2) is 0 Å². The molecule has 1 aromatic rings. The molecule has 0 aliphatic rings. The highest BCUT2D eigenvalue weighted by Gasteiger charge is 2.30. The number of benzene rings is 1. The van der Waals surface area contributed by atoms with Crippen LogP contribution in [0.15, 0.2) is 29.4 Å². The molecule has 1 amide bonds. The monoisotopic (exact) mass is 274 g/mol. The van der Waals surface area contributed by atoms with Crippen molar-refractivity contribution >= 4 is 11.8 Å². The molecule has 0 saturated heterocycles. The lowest BCUT2D eigenvalue weighted by Gasteiger charge is -2.07. The Bertz CT molecular complexity index is 467. The predicted molar refractivity (Wildman–Crippen MR) is 63.6 cm³/mol. The molecule has 0 aliphatic carbocycles. The van der Waals surface area contributed by atoms with Crippen LogP contribution >= 0.6 is 0 Å². The highest BCUT2D eigenvalue weighted by molar-refractivity contribution is 5.94. The molecule has 1 rings (SSSR count). The zero-order valence-electron chi connectivity index (χ0n) is 10.4. The van der Waals surface area contributed by atoms with Crippen molar-refractivity contribution in [3.05, 3.63) is 35.4 Å². The molecular weight excluding hydrogens is 261 g/mol. The van der Waals surface area contributed by atoms with E-state index in [1.807, 2.05) is 0 Å². The summed E-state index contributed by atoms with van der Waals surface area (Å²) in [7, 11) is 0. The number of halogens is 3. The fraction of sp³-hybridized carbons (Fsp3) is 0.333. The number of ether oxygens (including phenoxy) is 1. The van der Waals surface area contributed by atoms with Crippen LogP contribution < -0.4 is 5.43 Å². The molecule has 1 aromatic carbocycles. The van der Waals surface area contributed by atoms with Gasteiger partial charge in [-0.2, -0.15) is 13.2 Å². The molecule has 0 fully saturated rings. The summed E-state index contributed by atoms with van der Waals surface area (Å²) < 4.78 is 41.9. The minimum atomic E-state index is -4.42. The number of nitrogens with one attached hydrogen (secondary N) is 1. The predicted octanol–water partition coefficient (Wildman–Crippen LogP) is 2.81. The van der Waals surface area contributed by atoms with Gasteiger partial charge in [0, 0.05) is 12.5 Å². The van der Waals surface area contributed by atoms with Crippen molar-refractivity contribution in [1.29, 1.82) is 0 Å². The van der Waals surface area contributed by atoms with Crippen LogP contribution in [0.4, 0.5) is 13.2 Å². The van der Waals surface area contributed by atoms with Crippen molar-refractivity contribution in [2.75, 3.05) is 6.61 Å². The van der Waals surface area contributed by atoms with E-state index in [2.05, 4.69) is 10.5 Å². The Morgan fingerprint density at radius 3 is 2.37 bits per heavy atom. The lowest BCUT2D eigenvalue weighted by Crippen LogP contribution is -2.20. The SMILES string of the molecule is CCO/C(C)=N/NC(=O)c1ccc(C(F)(F)F)cc1. The minimum absolute atomic E-state index is 0.0843. The summed E-state index contributed by atoms with van der Waals surface area (Å²) in [4.78, 5) is 11.6. The van der Waals surface area contributed by atoms with E-state index < -0.39 is 17.6 Å². The molecule has 0 aromatic heterocycles. The number of nitrogens with zero attached hydrogens (tertiary/aromatic N) is 1. The van der Waals surface area contributed by atoms with Gasteiger partial charge in [-0.1, -0.05) is 0 Å². The van der Waals surface area contributed by atoms with E-state index in [0.717, 1.165) is 24.3 Å². The van der Waals surface area contributed by atoms with Crippen LogP contribution in [0.5, 0.6) is 0 Å². The summed E-state index contributed by atoms with van der Waals surface area (Å²) >= 11 is 0. The largest absolute Gasteiger partial charge is 0.480 e. The summed E-state index contributed by atoms with van der Waals surface area (Å²) in [5, 5.41) is 3.63. The smallest absolute Gasteiger partial charge is 0.416 e. The van der Waals surface area contributed by atoms with Gasteiger partial charge in [0.05, 0.1) is 12.2 Å². The summed E-state index contributed by atoms with van der Waals surface area (Å²) in [6.45, 7) is 3.72. The minimum Gasteiger partial charge on any atom is -0.480 e. The zero-order valence-corrected chi connectivity index (χ0v) is 10.4. The third-order valence-electron chi connectivity index (χ3n) is 2.14. The van der Waals surface area contributed by atoms with Gasteiger partial charge in [-0.3, -0.25) is 4.79 Å². The number of hydrazone groups is 1. The molecule has 19 heavy (non-hydrogen) atoms. The van der Waals surface area contributed by atoms with Crippen LogP contribution in [0.1, 0.15) is 29.8 Å². The average Bonchev–Trinajstić information content (AvgIpc) is 2.35. The lowest BCUT2D eigenvalue weighted by molar-refractivity contribution is -0.137. The number of amides is 1. The van der Waals surface area contributed by atoms with Gasteiger partial charge in [-0.15, -0.1) is 5.10 Å². The van der Waals surface area contributed by atoms with Crippen molar-refractivity contribution in [3.63, 3.8) is 0 Å². The third kappa shape index (κ3) is 4.61. The van der Waals surface area contributed by atoms with Gasteiger partial charge in [0.25, 0.3) is 5.91 Å². The number of carbonyl (C=O) groups excluding carboxylic acids is 1. The molecular formula is C12H13F3N2O2. The molecule has 0 aliphatic heterocycles. The second-order valence-corrected chi connectivity index (χ2v) is 3.58. The van der Waals surface area contributed by atoms with Gasteiger partial charge in [-0.25, -0.2) is 5.43 Å². The van der Waals surface area contributed by atoms with Gasteiger partial charge >= 0.3 is 6.18 Å². The van der Waals surface area contributed by atoms with E-state index in [1.165, 1.54) is 0 Å². The molecule has 104 valence electrons. The van der Waals surface area contributed by atoms with E-state index in [4.69, 9.17) is 4.74 Å². The van der Waals surface area contributed by atoms with Crippen molar-refractivity contribution in [1.82, 2.24) is 5.43 Å². The Kier molecular flexibility index (Phi) is 4.91. The molecule has 1 N–H and O–H groups in total. The first kappa shape index (κ1) is 15.0. The van der Waals surface area contributed by atoms with E-state index in [1.54, 1.807) is 13.8 Å². The highest BCUT2D eigenvalue weighted by Crippen LogP contribution is 2.28. The maximum Gasteiger partial charge on any atom is 0.416 e. The van der Waals surface area contributed by atoms with Gasteiger partial charge in [0.1, 0.15) is 0 Å². The van der Waals surface area contributed by atoms with E-state index in [-0.39, 0.29) is 11.5 Å². The van der Waals surface area contributed by atoms with Crippen LogP contribution in [0.25, 0.3) is 0 Å².